The summed E-state index contributed by atoms with van der Waals surface area (Å²) in [5.41, 5.74) is 2.86. The van der Waals surface area contributed by atoms with Crippen molar-refractivity contribution in [1.82, 2.24) is 10.2 Å². The van der Waals surface area contributed by atoms with E-state index in [9.17, 15) is 0 Å². The van der Waals surface area contributed by atoms with Crippen LogP contribution in [0.4, 0.5) is 0 Å². The second kappa shape index (κ2) is 6.88. The van der Waals surface area contributed by atoms with Crippen LogP contribution in [0.3, 0.4) is 0 Å². The largest absolute Gasteiger partial charge is 0.316 e. The van der Waals surface area contributed by atoms with Crippen molar-refractivity contribution in [2.75, 3.05) is 26.7 Å². The summed E-state index contributed by atoms with van der Waals surface area (Å²) < 4.78 is 0. The standard InChI is InChI=1S/C19H24N2/c1-21(14-16-8-4-2-5-9-16)15-18-12-20-13-19(18)17-10-6-3-7-11-17/h2-11,18-20H,12-15H2,1H3/t18-,19?/m1/s1. The van der Waals surface area contributed by atoms with E-state index in [2.05, 4.69) is 77.9 Å². The molecule has 1 N–H and O–H groups in total. The Morgan fingerprint density at radius 1 is 0.952 bits per heavy atom. The van der Waals surface area contributed by atoms with Gasteiger partial charge in [0.05, 0.1) is 0 Å². The van der Waals surface area contributed by atoms with Gasteiger partial charge < -0.3 is 10.2 Å². The lowest BCUT2D eigenvalue weighted by Crippen LogP contribution is -2.29. The smallest absolute Gasteiger partial charge is 0.0230 e. The third kappa shape index (κ3) is 3.72. The van der Waals surface area contributed by atoms with Crippen LogP contribution in [0.2, 0.25) is 0 Å². The fourth-order valence-electron chi connectivity index (χ4n) is 3.38. The van der Waals surface area contributed by atoms with Crippen LogP contribution < -0.4 is 5.32 Å². The summed E-state index contributed by atoms with van der Waals surface area (Å²) >= 11 is 0. The number of hydrogen-bond acceptors (Lipinski definition) is 2. The Labute approximate surface area is 127 Å². The van der Waals surface area contributed by atoms with Gasteiger partial charge in [-0.25, -0.2) is 0 Å². The summed E-state index contributed by atoms with van der Waals surface area (Å²) in [6.45, 7) is 4.40. The molecular weight excluding hydrogens is 256 g/mol. The average Bonchev–Trinajstić information content (AvgIpc) is 2.97. The minimum absolute atomic E-state index is 0.643. The van der Waals surface area contributed by atoms with Crippen LogP contribution in [0.5, 0.6) is 0 Å². The van der Waals surface area contributed by atoms with Gasteiger partial charge in [-0.15, -0.1) is 0 Å². The molecular formula is C19H24N2. The van der Waals surface area contributed by atoms with Crippen molar-refractivity contribution in [3.8, 4) is 0 Å². The normalized spacial score (nSPS) is 21.8. The molecule has 0 spiro atoms. The molecule has 1 aliphatic rings. The van der Waals surface area contributed by atoms with Gasteiger partial charge in [0.15, 0.2) is 0 Å². The van der Waals surface area contributed by atoms with Crippen molar-refractivity contribution < 1.29 is 0 Å². The van der Waals surface area contributed by atoms with Crippen molar-refractivity contribution in [3.05, 3.63) is 71.8 Å². The molecule has 1 heterocycles. The van der Waals surface area contributed by atoms with Gasteiger partial charge >= 0.3 is 0 Å². The van der Waals surface area contributed by atoms with Gasteiger partial charge in [0.2, 0.25) is 0 Å². The lowest BCUT2D eigenvalue weighted by Gasteiger charge is -2.25. The Morgan fingerprint density at radius 3 is 2.33 bits per heavy atom. The molecule has 2 aromatic rings. The molecule has 2 aromatic carbocycles. The molecule has 21 heavy (non-hydrogen) atoms. The lowest BCUT2D eigenvalue weighted by molar-refractivity contribution is 0.267. The molecule has 2 heteroatoms. The molecule has 1 saturated heterocycles. The SMILES string of the molecule is CN(Cc1ccccc1)C[C@H]1CNCC1c1ccccc1. The number of hydrogen-bond donors (Lipinski definition) is 1. The number of benzene rings is 2. The molecule has 1 aliphatic heterocycles. The third-order valence-electron chi connectivity index (χ3n) is 4.41. The van der Waals surface area contributed by atoms with E-state index in [1.807, 2.05) is 0 Å². The number of nitrogens with zero attached hydrogens (tertiary/aromatic N) is 1. The summed E-state index contributed by atoms with van der Waals surface area (Å²) in [4.78, 5) is 2.45. The van der Waals surface area contributed by atoms with Crippen molar-refractivity contribution in [2.45, 2.75) is 12.5 Å². The molecule has 0 bridgehead atoms. The van der Waals surface area contributed by atoms with E-state index in [1.54, 1.807) is 0 Å². The maximum atomic E-state index is 3.56. The second-order valence-electron chi connectivity index (χ2n) is 6.12. The highest BCUT2D eigenvalue weighted by Crippen LogP contribution is 2.28. The molecule has 0 aromatic heterocycles. The molecule has 0 amide bonds. The molecule has 2 nitrogen and oxygen atoms in total. The first-order valence-corrected chi connectivity index (χ1v) is 7.81. The van der Waals surface area contributed by atoms with Gasteiger partial charge in [0.25, 0.3) is 0 Å². The summed E-state index contributed by atoms with van der Waals surface area (Å²) in [7, 11) is 2.23. The molecule has 1 fully saturated rings. The topological polar surface area (TPSA) is 15.3 Å². The highest BCUT2D eigenvalue weighted by Gasteiger charge is 2.28. The average molecular weight is 280 g/mol. The maximum Gasteiger partial charge on any atom is 0.0230 e. The van der Waals surface area contributed by atoms with E-state index in [0.29, 0.717) is 11.8 Å². The van der Waals surface area contributed by atoms with Crippen molar-refractivity contribution in [3.63, 3.8) is 0 Å². The van der Waals surface area contributed by atoms with Crippen LogP contribution in [-0.2, 0) is 6.54 Å². The van der Waals surface area contributed by atoms with Crippen LogP contribution in [0.15, 0.2) is 60.7 Å². The zero-order valence-corrected chi connectivity index (χ0v) is 12.7. The molecule has 3 rings (SSSR count). The first kappa shape index (κ1) is 14.3. The van der Waals surface area contributed by atoms with E-state index in [1.165, 1.54) is 11.1 Å². The minimum Gasteiger partial charge on any atom is -0.316 e. The quantitative estimate of drug-likeness (QED) is 0.905. The molecule has 0 saturated carbocycles. The van der Waals surface area contributed by atoms with Crippen LogP contribution in [-0.4, -0.2) is 31.6 Å². The van der Waals surface area contributed by atoms with E-state index in [0.717, 1.165) is 26.2 Å². The number of rotatable bonds is 5. The highest BCUT2D eigenvalue weighted by atomic mass is 15.1. The van der Waals surface area contributed by atoms with E-state index >= 15 is 0 Å². The highest BCUT2D eigenvalue weighted by molar-refractivity contribution is 5.22. The lowest BCUT2D eigenvalue weighted by atomic mass is 9.88. The molecule has 110 valence electrons. The maximum absolute atomic E-state index is 3.56. The van der Waals surface area contributed by atoms with Crippen LogP contribution >= 0.6 is 0 Å². The predicted octanol–water partition coefficient (Wildman–Crippen LogP) is 3.12. The Morgan fingerprint density at radius 2 is 1.62 bits per heavy atom. The monoisotopic (exact) mass is 280 g/mol. The first-order chi connectivity index (χ1) is 10.3. The fourth-order valence-corrected chi connectivity index (χ4v) is 3.38. The summed E-state index contributed by atoms with van der Waals surface area (Å²) in [5, 5.41) is 3.56. The van der Waals surface area contributed by atoms with Gasteiger partial charge in [-0.2, -0.15) is 0 Å². The second-order valence-corrected chi connectivity index (χ2v) is 6.12. The van der Waals surface area contributed by atoms with E-state index in [4.69, 9.17) is 0 Å². The Kier molecular flexibility index (Phi) is 4.69. The van der Waals surface area contributed by atoms with Gasteiger partial charge in [0.1, 0.15) is 0 Å². The van der Waals surface area contributed by atoms with Crippen LogP contribution in [0.1, 0.15) is 17.0 Å². The van der Waals surface area contributed by atoms with Gasteiger partial charge in [-0.3, -0.25) is 0 Å². The van der Waals surface area contributed by atoms with Crippen LogP contribution in [0, 0.1) is 5.92 Å². The summed E-state index contributed by atoms with van der Waals surface area (Å²) in [6, 6.07) is 21.7. The summed E-state index contributed by atoms with van der Waals surface area (Å²) in [5.74, 6) is 1.34. The minimum atomic E-state index is 0.643. The molecule has 1 unspecified atom stereocenters. The number of nitrogens with one attached hydrogen (secondary N) is 1. The predicted molar refractivity (Wildman–Crippen MR) is 88.3 cm³/mol. The van der Waals surface area contributed by atoms with E-state index in [-0.39, 0.29) is 0 Å². The van der Waals surface area contributed by atoms with Gasteiger partial charge in [0, 0.05) is 25.6 Å². The van der Waals surface area contributed by atoms with Crippen molar-refractivity contribution >= 4 is 0 Å². The Balaban J connectivity index is 1.61. The van der Waals surface area contributed by atoms with Crippen molar-refractivity contribution in [2.24, 2.45) is 5.92 Å². The first-order valence-electron chi connectivity index (χ1n) is 7.81. The molecule has 0 aliphatic carbocycles. The zero-order valence-electron chi connectivity index (χ0n) is 12.7. The fraction of sp³-hybridized carbons (Fsp3) is 0.368. The zero-order chi connectivity index (χ0) is 14.5. The third-order valence-corrected chi connectivity index (χ3v) is 4.41. The Bertz CT molecular complexity index is 538. The molecule has 2 atom stereocenters. The van der Waals surface area contributed by atoms with E-state index < -0.39 is 0 Å². The Hall–Kier alpha value is -1.64. The molecule has 0 radical (unpaired) electrons. The van der Waals surface area contributed by atoms with Crippen molar-refractivity contribution in [1.29, 1.82) is 0 Å². The summed E-state index contributed by atoms with van der Waals surface area (Å²) in [6.07, 6.45) is 0. The van der Waals surface area contributed by atoms with Crippen LogP contribution in [0.25, 0.3) is 0 Å². The van der Waals surface area contributed by atoms with Gasteiger partial charge in [-0.1, -0.05) is 60.7 Å². The van der Waals surface area contributed by atoms with Gasteiger partial charge in [-0.05, 0) is 30.6 Å².